The minimum atomic E-state index is 0.588. The molecule has 0 saturated heterocycles. The van der Waals surface area contributed by atoms with Gasteiger partial charge in [-0.2, -0.15) is 0 Å². The van der Waals surface area contributed by atoms with Gasteiger partial charge in [-0.25, -0.2) is 0 Å². The molecule has 1 fully saturated rings. The predicted molar refractivity (Wildman–Crippen MR) is 82.1 cm³/mol. The predicted octanol–water partition coefficient (Wildman–Crippen LogP) is 4.41. The second-order valence-corrected chi connectivity index (χ2v) is 7.53. The van der Waals surface area contributed by atoms with Crippen LogP contribution in [-0.2, 0) is 0 Å². The molecule has 0 N–H and O–H groups in total. The summed E-state index contributed by atoms with van der Waals surface area (Å²) in [6, 6.07) is 0. The third kappa shape index (κ3) is 2.42. The van der Waals surface area contributed by atoms with Crippen LogP contribution in [0.1, 0.15) is 51.9 Å². The van der Waals surface area contributed by atoms with E-state index in [1.54, 1.807) is 0 Å². The highest BCUT2D eigenvalue weighted by molar-refractivity contribution is 5.33. The van der Waals surface area contributed by atoms with Crippen LogP contribution in [0.2, 0.25) is 0 Å². The molecule has 0 heterocycles. The average Bonchev–Trinajstić information content (AvgIpc) is 2.78. The quantitative estimate of drug-likeness (QED) is 0.679. The van der Waals surface area contributed by atoms with Gasteiger partial charge in [0.1, 0.15) is 0 Å². The van der Waals surface area contributed by atoms with Gasteiger partial charge in [-0.3, -0.25) is 0 Å². The normalized spacial score (nSPS) is 37.7. The maximum Gasteiger partial charge on any atom is -0.00195 e. The lowest BCUT2D eigenvalue weighted by Crippen LogP contribution is -2.37. The maximum atomic E-state index is 2.58. The van der Waals surface area contributed by atoms with E-state index in [1.807, 2.05) is 11.1 Å². The monoisotopic (exact) mass is 259 g/mol. The summed E-state index contributed by atoms with van der Waals surface area (Å²) >= 11 is 0. The van der Waals surface area contributed by atoms with E-state index in [9.17, 15) is 0 Å². The van der Waals surface area contributed by atoms with Gasteiger partial charge in [0.05, 0.1) is 0 Å². The Morgan fingerprint density at radius 2 is 2.05 bits per heavy atom. The lowest BCUT2D eigenvalue weighted by Gasteiger charge is -2.45. The van der Waals surface area contributed by atoms with E-state index in [-0.39, 0.29) is 0 Å². The number of hydrogen-bond acceptors (Lipinski definition) is 1. The molecule has 0 amide bonds. The standard InChI is InChI=1S/C18H29N/c1-18(11-12-19(2)3)10-6-9-16-15-8-5-4-7-14(15)13-17(16)18/h4-5,16-17H,6-13H2,1-3H3. The molecule has 1 heteroatoms. The molecule has 1 saturated carbocycles. The molecule has 0 aromatic carbocycles. The Morgan fingerprint density at radius 1 is 1.26 bits per heavy atom. The number of allylic oxidation sites excluding steroid dienone is 4. The third-order valence-corrected chi connectivity index (χ3v) is 6.01. The number of fused-ring (bicyclic) bond motifs is 2. The molecule has 3 unspecified atom stereocenters. The SMILES string of the molecule is CN(C)CCC1(C)CCCC2C3=C(CC=CC3)CC21. The Balaban J connectivity index is 1.76. The van der Waals surface area contributed by atoms with Gasteiger partial charge < -0.3 is 4.90 Å². The lowest BCUT2D eigenvalue weighted by atomic mass is 9.61. The first-order valence-electron chi connectivity index (χ1n) is 8.11. The Hall–Kier alpha value is -0.560. The zero-order valence-electron chi connectivity index (χ0n) is 12.9. The highest BCUT2D eigenvalue weighted by Gasteiger charge is 2.46. The molecule has 0 aliphatic heterocycles. The van der Waals surface area contributed by atoms with Crippen LogP contribution in [0.25, 0.3) is 0 Å². The first-order chi connectivity index (χ1) is 9.10. The minimum Gasteiger partial charge on any atom is -0.309 e. The smallest absolute Gasteiger partial charge is 0.00195 e. The first kappa shape index (κ1) is 13.4. The molecule has 3 rings (SSSR count). The van der Waals surface area contributed by atoms with Gasteiger partial charge in [-0.05, 0) is 76.4 Å². The van der Waals surface area contributed by atoms with Crippen molar-refractivity contribution in [1.29, 1.82) is 0 Å². The highest BCUT2D eigenvalue weighted by atomic mass is 15.0. The molecule has 1 nitrogen and oxygen atoms in total. The zero-order valence-corrected chi connectivity index (χ0v) is 12.9. The van der Waals surface area contributed by atoms with Crippen molar-refractivity contribution >= 4 is 0 Å². The third-order valence-electron chi connectivity index (χ3n) is 6.01. The van der Waals surface area contributed by atoms with Gasteiger partial charge in [-0.15, -0.1) is 0 Å². The van der Waals surface area contributed by atoms with Crippen molar-refractivity contribution in [2.75, 3.05) is 20.6 Å². The molecule has 19 heavy (non-hydrogen) atoms. The maximum absolute atomic E-state index is 2.58. The van der Waals surface area contributed by atoms with Gasteiger partial charge in [0.25, 0.3) is 0 Å². The molecule has 0 radical (unpaired) electrons. The summed E-state index contributed by atoms with van der Waals surface area (Å²) in [6.45, 7) is 3.84. The molecular weight excluding hydrogens is 230 g/mol. The Morgan fingerprint density at radius 3 is 2.84 bits per heavy atom. The molecule has 3 aliphatic carbocycles. The second kappa shape index (κ2) is 5.09. The lowest BCUT2D eigenvalue weighted by molar-refractivity contribution is 0.0673. The van der Waals surface area contributed by atoms with Crippen LogP contribution < -0.4 is 0 Å². The van der Waals surface area contributed by atoms with Crippen molar-refractivity contribution in [3.63, 3.8) is 0 Å². The van der Waals surface area contributed by atoms with Crippen LogP contribution in [0.5, 0.6) is 0 Å². The molecule has 3 aliphatic rings. The largest absolute Gasteiger partial charge is 0.309 e. The van der Waals surface area contributed by atoms with Crippen molar-refractivity contribution in [1.82, 2.24) is 4.90 Å². The van der Waals surface area contributed by atoms with Crippen molar-refractivity contribution in [2.45, 2.75) is 51.9 Å². The molecule has 3 atom stereocenters. The van der Waals surface area contributed by atoms with Crippen LogP contribution in [-0.4, -0.2) is 25.5 Å². The summed E-state index contributed by atoms with van der Waals surface area (Å²) in [5.41, 5.74) is 4.25. The van der Waals surface area contributed by atoms with E-state index in [0.717, 1.165) is 11.8 Å². The molecular formula is C18H29N. The van der Waals surface area contributed by atoms with Crippen LogP contribution in [0, 0.1) is 17.3 Å². The Labute approximate surface area is 118 Å². The first-order valence-corrected chi connectivity index (χ1v) is 8.11. The van der Waals surface area contributed by atoms with Crippen molar-refractivity contribution in [2.24, 2.45) is 17.3 Å². The second-order valence-electron chi connectivity index (χ2n) is 7.53. The molecule has 106 valence electrons. The Bertz CT molecular complexity index is 404. The fourth-order valence-electron chi connectivity index (χ4n) is 4.80. The highest BCUT2D eigenvalue weighted by Crippen LogP contribution is 2.57. The summed E-state index contributed by atoms with van der Waals surface area (Å²) in [6.07, 6.45) is 14.5. The zero-order chi connectivity index (χ0) is 13.5. The molecule has 0 aromatic rings. The number of hydrogen-bond donors (Lipinski definition) is 0. The van der Waals surface area contributed by atoms with E-state index in [0.29, 0.717) is 5.41 Å². The van der Waals surface area contributed by atoms with Crippen LogP contribution in [0.15, 0.2) is 23.3 Å². The summed E-state index contributed by atoms with van der Waals surface area (Å²) < 4.78 is 0. The molecule has 0 aromatic heterocycles. The number of nitrogens with zero attached hydrogens (tertiary/aromatic N) is 1. The van der Waals surface area contributed by atoms with E-state index in [1.165, 1.54) is 51.5 Å². The van der Waals surface area contributed by atoms with E-state index < -0.39 is 0 Å². The fourth-order valence-corrected chi connectivity index (χ4v) is 4.80. The van der Waals surface area contributed by atoms with Crippen molar-refractivity contribution in [3.05, 3.63) is 23.3 Å². The fraction of sp³-hybridized carbons (Fsp3) is 0.778. The van der Waals surface area contributed by atoms with Crippen molar-refractivity contribution < 1.29 is 0 Å². The summed E-state index contributed by atoms with van der Waals surface area (Å²) in [7, 11) is 4.43. The van der Waals surface area contributed by atoms with Gasteiger partial charge in [0, 0.05) is 0 Å². The van der Waals surface area contributed by atoms with Crippen LogP contribution in [0.4, 0.5) is 0 Å². The number of rotatable bonds is 3. The molecule has 0 bridgehead atoms. The van der Waals surface area contributed by atoms with E-state index in [4.69, 9.17) is 0 Å². The van der Waals surface area contributed by atoms with Gasteiger partial charge in [0.15, 0.2) is 0 Å². The van der Waals surface area contributed by atoms with Gasteiger partial charge in [0.2, 0.25) is 0 Å². The Kier molecular flexibility index (Phi) is 3.59. The van der Waals surface area contributed by atoms with Gasteiger partial charge >= 0.3 is 0 Å². The molecule has 0 spiro atoms. The van der Waals surface area contributed by atoms with Crippen LogP contribution in [0.3, 0.4) is 0 Å². The summed E-state index contributed by atoms with van der Waals surface area (Å²) in [5.74, 6) is 1.88. The van der Waals surface area contributed by atoms with Crippen molar-refractivity contribution in [3.8, 4) is 0 Å². The minimum absolute atomic E-state index is 0.588. The van der Waals surface area contributed by atoms with E-state index in [2.05, 4.69) is 38.1 Å². The van der Waals surface area contributed by atoms with Crippen LogP contribution >= 0.6 is 0 Å². The van der Waals surface area contributed by atoms with Gasteiger partial charge in [-0.1, -0.05) is 36.6 Å². The summed E-state index contributed by atoms with van der Waals surface area (Å²) in [4.78, 5) is 2.36. The van der Waals surface area contributed by atoms with E-state index >= 15 is 0 Å². The average molecular weight is 259 g/mol. The topological polar surface area (TPSA) is 3.24 Å². The summed E-state index contributed by atoms with van der Waals surface area (Å²) in [5, 5.41) is 0.